The molecule has 0 bridgehead atoms. The first-order chi connectivity index (χ1) is 5.00. The van der Waals surface area contributed by atoms with Crippen LogP contribution in [0, 0.1) is 11.8 Å². The first-order valence-electron chi connectivity index (χ1n) is 4.18. The highest BCUT2D eigenvalue weighted by atomic mass is 16.5. The molecule has 0 aliphatic rings. The van der Waals surface area contributed by atoms with Crippen molar-refractivity contribution in [2.45, 2.75) is 33.8 Å². The second kappa shape index (κ2) is 4.55. The summed E-state index contributed by atoms with van der Waals surface area (Å²) in [5.74, 6) is 1.02. The summed E-state index contributed by atoms with van der Waals surface area (Å²) < 4.78 is 5.37. The number of hydrogen-bond donors (Lipinski definition) is 0. The normalized spacial score (nSPS) is 16.5. The molecule has 0 N–H and O–H groups in total. The lowest BCUT2D eigenvalue weighted by atomic mass is 9.90. The Kier molecular flexibility index (Phi) is 4.43. The van der Waals surface area contributed by atoms with Gasteiger partial charge in [-0.15, -0.1) is 0 Å². The van der Waals surface area contributed by atoms with Crippen LogP contribution >= 0.6 is 0 Å². The van der Waals surface area contributed by atoms with E-state index < -0.39 is 0 Å². The molecule has 0 fully saturated rings. The molecule has 0 unspecified atom stereocenters. The summed E-state index contributed by atoms with van der Waals surface area (Å²) in [6, 6.07) is 0. The van der Waals surface area contributed by atoms with Crippen molar-refractivity contribution in [3.63, 3.8) is 0 Å². The molecule has 0 aliphatic heterocycles. The summed E-state index contributed by atoms with van der Waals surface area (Å²) in [6.07, 6.45) is 0.312. The van der Waals surface area contributed by atoms with E-state index in [4.69, 9.17) is 4.74 Å². The lowest BCUT2D eigenvalue weighted by Crippen LogP contribution is -2.26. The SMILES string of the molecule is C=C(C)[C@H](C)[C@H](OC)C(C)C. The van der Waals surface area contributed by atoms with Crippen LogP contribution in [-0.4, -0.2) is 13.2 Å². The zero-order valence-electron chi connectivity index (χ0n) is 8.35. The first-order valence-corrected chi connectivity index (χ1v) is 4.18. The van der Waals surface area contributed by atoms with Gasteiger partial charge in [-0.3, -0.25) is 0 Å². The molecule has 66 valence electrons. The van der Waals surface area contributed by atoms with Crippen LogP contribution in [0.1, 0.15) is 27.7 Å². The lowest BCUT2D eigenvalue weighted by Gasteiger charge is -2.26. The van der Waals surface area contributed by atoms with Gasteiger partial charge in [-0.25, -0.2) is 0 Å². The van der Waals surface area contributed by atoms with Gasteiger partial charge in [-0.05, 0) is 12.8 Å². The fourth-order valence-corrected chi connectivity index (χ4v) is 1.33. The third kappa shape index (κ3) is 3.06. The van der Waals surface area contributed by atoms with Crippen LogP contribution in [0.3, 0.4) is 0 Å². The zero-order valence-corrected chi connectivity index (χ0v) is 8.35. The van der Waals surface area contributed by atoms with Gasteiger partial charge in [0.2, 0.25) is 0 Å². The van der Waals surface area contributed by atoms with Gasteiger partial charge in [-0.2, -0.15) is 0 Å². The molecular formula is C10H20O. The van der Waals surface area contributed by atoms with Gasteiger partial charge in [0.1, 0.15) is 0 Å². The van der Waals surface area contributed by atoms with Gasteiger partial charge < -0.3 is 4.74 Å². The van der Waals surface area contributed by atoms with Crippen molar-refractivity contribution in [2.24, 2.45) is 11.8 Å². The fraction of sp³-hybridized carbons (Fsp3) is 0.800. The Balaban J connectivity index is 4.13. The van der Waals surface area contributed by atoms with Crippen LogP contribution in [-0.2, 0) is 4.74 Å². The van der Waals surface area contributed by atoms with Crippen LogP contribution in [0.25, 0.3) is 0 Å². The fourth-order valence-electron chi connectivity index (χ4n) is 1.33. The smallest absolute Gasteiger partial charge is 0.0656 e. The van der Waals surface area contributed by atoms with E-state index in [1.54, 1.807) is 7.11 Å². The molecule has 0 saturated heterocycles. The van der Waals surface area contributed by atoms with Crippen LogP contribution in [0.15, 0.2) is 12.2 Å². The summed E-state index contributed by atoms with van der Waals surface area (Å²) in [5, 5.41) is 0. The molecule has 0 amide bonds. The van der Waals surface area contributed by atoms with Crippen molar-refractivity contribution >= 4 is 0 Å². The van der Waals surface area contributed by atoms with Crippen LogP contribution < -0.4 is 0 Å². The largest absolute Gasteiger partial charge is 0.381 e. The molecule has 0 rings (SSSR count). The van der Waals surface area contributed by atoms with Crippen LogP contribution in [0.4, 0.5) is 0 Å². The zero-order chi connectivity index (χ0) is 9.02. The molecule has 0 spiro atoms. The average Bonchev–Trinajstić information content (AvgIpc) is 1.88. The van der Waals surface area contributed by atoms with E-state index in [-0.39, 0.29) is 0 Å². The Hall–Kier alpha value is -0.300. The minimum absolute atomic E-state index is 0.312. The third-order valence-corrected chi connectivity index (χ3v) is 2.20. The molecule has 0 heterocycles. The predicted molar refractivity (Wildman–Crippen MR) is 49.6 cm³/mol. The molecule has 0 aromatic rings. The van der Waals surface area contributed by atoms with Gasteiger partial charge in [0.15, 0.2) is 0 Å². The van der Waals surface area contributed by atoms with Gasteiger partial charge in [0, 0.05) is 13.0 Å². The Labute approximate surface area is 70.4 Å². The summed E-state index contributed by atoms with van der Waals surface area (Å²) in [4.78, 5) is 0. The molecule has 1 nitrogen and oxygen atoms in total. The maximum atomic E-state index is 5.37. The molecule has 0 aromatic heterocycles. The molecule has 0 saturated carbocycles. The van der Waals surface area contributed by atoms with E-state index in [0.29, 0.717) is 17.9 Å². The van der Waals surface area contributed by atoms with Crippen molar-refractivity contribution in [3.05, 3.63) is 12.2 Å². The molecule has 0 aromatic carbocycles. The highest BCUT2D eigenvalue weighted by Gasteiger charge is 2.20. The number of rotatable bonds is 4. The van der Waals surface area contributed by atoms with E-state index in [9.17, 15) is 0 Å². The van der Waals surface area contributed by atoms with Crippen molar-refractivity contribution < 1.29 is 4.74 Å². The van der Waals surface area contributed by atoms with Gasteiger partial charge >= 0.3 is 0 Å². The Morgan fingerprint density at radius 3 is 1.82 bits per heavy atom. The first kappa shape index (κ1) is 10.7. The third-order valence-electron chi connectivity index (χ3n) is 2.20. The van der Waals surface area contributed by atoms with E-state index >= 15 is 0 Å². The maximum Gasteiger partial charge on any atom is 0.0656 e. The van der Waals surface area contributed by atoms with Gasteiger partial charge in [0.25, 0.3) is 0 Å². The van der Waals surface area contributed by atoms with E-state index in [1.165, 1.54) is 5.57 Å². The molecule has 11 heavy (non-hydrogen) atoms. The minimum atomic E-state index is 0.312. The van der Waals surface area contributed by atoms with Gasteiger partial charge in [0.05, 0.1) is 6.10 Å². The minimum Gasteiger partial charge on any atom is -0.381 e. The Morgan fingerprint density at radius 1 is 1.27 bits per heavy atom. The summed E-state index contributed by atoms with van der Waals surface area (Å²) in [7, 11) is 1.77. The molecule has 0 aliphatic carbocycles. The van der Waals surface area contributed by atoms with Crippen LogP contribution in [0.2, 0.25) is 0 Å². The number of methoxy groups -OCH3 is 1. The summed E-state index contributed by atoms with van der Waals surface area (Å²) in [6.45, 7) is 12.5. The standard InChI is InChI=1S/C10H20O/c1-7(2)9(5)10(11-6)8(3)4/h8-10H,1H2,2-6H3/t9-,10+/m0/s1. The van der Waals surface area contributed by atoms with Gasteiger partial charge in [-0.1, -0.05) is 32.9 Å². The Bertz CT molecular complexity index is 127. The molecule has 0 radical (unpaired) electrons. The monoisotopic (exact) mass is 156 g/mol. The van der Waals surface area contributed by atoms with E-state index in [0.717, 1.165) is 0 Å². The topological polar surface area (TPSA) is 9.23 Å². The molecule has 2 atom stereocenters. The summed E-state index contributed by atoms with van der Waals surface area (Å²) >= 11 is 0. The highest BCUT2D eigenvalue weighted by Crippen LogP contribution is 2.21. The second-order valence-electron chi connectivity index (χ2n) is 3.58. The Morgan fingerprint density at radius 2 is 1.73 bits per heavy atom. The van der Waals surface area contributed by atoms with Crippen molar-refractivity contribution in [3.8, 4) is 0 Å². The second-order valence-corrected chi connectivity index (χ2v) is 3.58. The van der Waals surface area contributed by atoms with Crippen LogP contribution in [0.5, 0.6) is 0 Å². The lowest BCUT2D eigenvalue weighted by molar-refractivity contribution is 0.0346. The number of hydrogen-bond acceptors (Lipinski definition) is 1. The molecular weight excluding hydrogens is 136 g/mol. The van der Waals surface area contributed by atoms with E-state index in [2.05, 4.69) is 34.3 Å². The number of ether oxygens (including phenoxy) is 1. The average molecular weight is 156 g/mol. The van der Waals surface area contributed by atoms with Crippen molar-refractivity contribution in [1.29, 1.82) is 0 Å². The predicted octanol–water partition coefficient (Wildman–Crippen LogP) is 2.87. The van der Waals surface area contributed by atoms with Crippen molar-refractivity contribution in [1.82, 2.24) is 0 Å². The highest BCUT2D eigenvalue weighted by molar-refractivity contribution is 4.98. The quantitative estimate of drug-likeness (QED) is 0.569. The molecule has 1 heteroatoms. The van der Waals surface area contributed by atoms with Crippen molar-refractivity contribution in [2.75, 3.05) is 7.11 Å². The summed E-state index contributed by atoms with van der Waals surface area (Å²) in [5.41, 5.74) is 1.20. The maximum absolute atomic E-state index is 5.37. The van der Waals surface area contributed by atoms with E-state index in [1.807, 2.05) is 0 Å².